The Morgan fingerprint density at radius 3 is 3.26 bits per heavy atom. The molecule has 1 atom stereocenters. The number of nitrogens with one attached hydrogen (secondary N) is 2. The number of likely N-dealkylation sites (N-methyl/N-ethyl adjacent to an activating group) is 1. The van der Waals surface area contributed by atoms with E-state index in [9.17, 15) is 4.79 Å². The fourth-order valence-corrected chi connectivity index (χ4v) is 2.80. The van der Waals surface area contributed by atoms with E-state index in [0.29, 0.717) is 30.5 Å². The molecule has 1 fully saturated rings. The van der Waals surface area contributed by atoms with Crippen molar-refractivity contribution in [1.82, 2.24) is 20.2 Å². The Kier molecular flexibility index (Phi) is 4.90. The molecule has 2 aromatic rings. The number of nitrogens with zero attached hydrogens (tertiary/aromatic N) is 2. The van der Waals surface area contributed by atoms with Crippen LogP contribution in [0.2, 0.25) is 0 Å². The quantitative estimate of drug-likeness (QED) is 0.757. The summed E-state index contributed by atoms with van der Waals surface area (Å²) in [6.07, 6.45) is 0. The molecule has 2 heterocycles. The van der Waals surface area contributed by atoms with Gasteiger partial charge in [0.2, 0.25) is 0 Å². The molecule has 124 valence electrons. The van der Waals surface area contributed by atoms with E-state index >= 15 is 0 Å². The number of aromatic amines is 1. The minimum Gasteiger partial charge on any atom is -0.388 e. The highest BCUT2D eigenvalue weighted by Gasteiger charge is 2.17. The van der Waals surface area contributed by atoms with Gasteiger partial charge in [-0.2, -0.15) is 0 Å². The number of amides is 1. The van der Waals surface area contributed by atoms with Gasteiger partial charge < -0.3 is 25.0 Å². The standard InChI is InChI=1S/C16H22N4O3/c1-20-4-5-23-10-11(8-20)7-17-16(22)12-2-3-13-14(6-12)19-15(9-21)18-13/h2-3,6,11,21H,4-5,7-10H2,1H3,(H,17,22)(H,18,19). The number of imidazole rings is 1. The molecule has 0 bridgehead atoms. The van der Waals surface area contributed by atoms with Gasteiger partial charge in [-0.15, -0.1) is 0 Å². The molecule has 1 aliphatic heterocycles. The van der Waals surface area contributed by atoms with Crippen LogP contribution >= 0.6 is 0 Å². The van der Waals surface area contributed by atoms with E-state index < -0.39 is 0 Å². The van der Waals surface area contributed by atoms with Crippen LogP contribution in [-0.2, 0) is 11.3 Å². The number of rotatable bonds is 4. The second-order valence-electron chi connectivity index (χ2n) is 5.99. The van der Waals surface area contributed by atoms with E-state index in [2.05, 4.69) is 27.2 Å². The fraction of sp³-hybridized carbons (Fsp3) is 0.500. The minimum absolute atomic E-state index is 0.112. The zero-order chi connectivity index (χ0) is 16.2. The zero-order valence-corrected chi connectivity index (χ0v) is 13.2. The maximum Gasteiger partial charge on any atom is 0.251 e. The van der Waals surface area contributed by atoms with Gasteiger partial charge in [0, 0.05) is 31.1 Å². The Morgan fingerprint density at radius 2 is 2.43 bits per heavy atom. The van der Waals surface area contributed by atoms with Crippen LogP contribution in [0.5, 0.6) is 0 Å². The van der Waals surface area contributed by atoms with Crippen molar-refractivity contribution in [2.24, 2.45) is 5.92 Å². The van der Waals surface area contributed by atoms with E-state index in [1.807, 2.05) is 0 Å². The summed E-state index contributed by atoms with van der Waals surface area (Å²) in [5.41, 5.74) is 2.07. The molecule has 0 aliphatic carbocycles. The molecular formula is C16H22N4O3. The molecular weight excluding hydrogens is 296 g/mol. The zero-order valence-electron chi connectivity index (χ0n) is 13.2. The summed E-state index contributed by atoms with van der Waals surface area (Å²) >= 11 is 0. The summed E-state index contributed by atoms with van der Waals surface area (Å²) in [4.78, 5) is 21.7. The van der Waals surface area contributed by atoms with E-state index in [1.165, 1.54) is 0 Å². The SMILES string of the molecule is CN1CCOCC(CNC(=O)c2ccc3nc(CO)[nH]c3c2)C1. The lowest BCUT2D eigenvalue weighted by molar-refractivity contribution is 0.0921. The molecule has 1 aliphatic rings. The Labute approximate surface area is 134 Å². The lowest BCUT2D eigenvalue weighted by atomic mass is 10.1. The molecule has 23 heavy (non-hydrogen) atoms. The lowest BCUT2D eigenvalue weighted by Crippen LogP contribution is -2.35. The van der Waals surface area contributed by atoms with Gasteiger partial charge in [-0.3, -0.25) is 4.79 Å². The summed E-state index contributed by atoms with van der Waals surface area (Å²) < 4.78 is 5.56. The molecule has 1 saturated heterocycles. The number of aliphatic hydroxyl groups excluding tert-OH is 1. The highest BCUT2D eigenvalue weighted by Crippen LogP contribution is 2.14. The average molecular weight is 318 g/mol. The molecule has 0 spiro atoms. The Balaban J connectivity index is 1.63. The van der Waals surface area contributed by atoms with Gasteiger partial charge >= 0.3 is 0 Å². The van der Waals surface area contributed by atoms with Crippen molar-refractivity contribution in [3.05, 3.63) is 29.6 Å². The van der Waals surface area contributed by atoms with Gasteiger partial charge in [-0.05, 0) is 25.2 Å². The summed E-state index contributed by atoms with van der Waals surface area (Å²) in [7, 11) is 2.06. The van der Waals surface area contributed by atoms with Crippen molar-refractivity contribution in [3.8, 4) is 0 Å². The Morgan fingerprint density at radius 1 is 1.57 bits per heavy atom. The third-order valence-corrected chi connectivity index (χ3v) is 4.03. The van der Waals surface area contributed by atoms with Gasteiger partial charge in [-0.25, -0.2) is 4.98 Å². The first kappa shape index (κ1) is 15.9. The number of hydrogen-bond acceptors (Lipinski definition) is 5. The lowest BCUT2D eigenvalue weighted by Gasteiger charge is -2.19. The summed E-state index contributed by atoms with van der Waals surface area (Å²) in [5.74, 6) is 0.679. The van der Waals surface area contributed by atoms with Crippen molar-refractivity contribution in [3.63, 3.8) is 0 Å². The number of fused-ring (bicyclic) bond motifs is 1. The number of carbonyl (C=O) groups is 1. The molecule has 7 nitrogen and oxygen atoms in total. The fourth-order valence-electron chi connectivity index (χ4n) is 2.80. The molecule has 0 radical (unpaired) electrons. The second kappa shape index (κ2) is 7.08. The molecule has 1 amide bonds. The van der Waals surface area contributed by atoms with Crippen LogP contribution in [0.15, 0.2) is 18.2 Å². The Hall–Kier alpha value is -1.96. The van der Waals surface area contributed by atoms with Crippen molar-refractivity contribution in [1.29, 1.82) is 0 Å². The van der Waals surface area contributed by atoms with Crippen molar-refractivity contribution in [2.45, 2.75) is 6.61 Å². The first-order valence-electron chi connectivity index (χ1n) is 7.79. The summed E-state index contributed by atoms with van der Waals surface area (Å²) in [6.45, 7) is 3.69. The van der Waals surface area contributed by atoms with Gasteiger partial charge in [-0.1, -0.05) is 0 Å². The van der Waals surface area contributed by atoms with Crippen LogP contribution in [0.1, 0.15) is 16.2 Å². The van der Waals surface area contributed by atoms with Gasteiger partial charge in [0.25, 0.3) is 5.91 Å². The average Bonchev–Trinajstić information content (AvgIpc) is 2.86. The largest absolute Gasteiger partial charge is 0.388 e. The third kappa shape index (κ3) is 3.87. The van der Waals surface area contributed by atoms with Gasteiger partial charge in [0.05, 0.1) is 24.2 Å². The highest BCUT2D eigenvalue weighted by atomic mass is 16.5. The molecule has 7 heteroatoms. The predicted octanol–water partition coefficient (Wildman–Crippen LogP) is 0.363. The minimum atomic E-state index is -0.147. The van der Waals surface area contributed by atoms with E-state index in [0.717, 1.165) is 30.7 Å². The first-order valence-corrected chi connectivity index (χ1v) is 7.79. The number of hydrogen-bond donors (Lipinski definition) is 3. The number of H-pyrrole nitrogens is 1. The number of carbonyl (C=O) groups excluding carboxylic acids is 1. The van der Waals surface area contributed by atoms with Crippen LogP contribution in [0.25, 0.3) is 11.0 Å². The normalized spacial score (nSPS) is 19.7. The first-order chi connectivity index (χ1) is 11.2. The van der Waals surface area contributed by atoms with Crippen LogP contribution in [0, 0.1) is 5.92 Å². The number of ether oxygens (including phenoxy) is 1. The topological polar surface area (TPSA) is 90.5 Å². The van der Waals surface area contributed by atoms with E-state index in [4.69, 9.17) is 9.84 Å². The van der Waals surface area contributed by atoms with Crippen molar-refractivity contribution in [2.75, 3.05) is 39.9 Å². The monoisotopic (exact) mass is 318 g/mol. The smallest absolute Gasteiger partial charge is 0.251 e. The number of benzene rings is 1. The molecule has 1 aromatic heterocycles. The molecule has 1 unspecified atom stereocenters. The molecule has 0 saturated carbocycles. The van der Waals surface area contributed by atoms with Crippen LogP contribution in [-0.4, -0.2) is 65.8 Å². The summed E-state index contributed by atoms with van der Waals surface area (Å²) in [5, 5.41) is 12.1. The van der Waals surface area contributed by atoms with Crippen molar-refractivity contribution < 1.29 is 14.6 Å². The number of aliphatic hydroxyl groups is 1. The third-order valence-electron chi connectivity index (χ3n) is 4.03. The summed E-state index contributed by atoms with van der Waals surface area (Å²) in [6, 6.07) is 5.28. The molecule has 3 N–H and O–H groups in total. The maximum atomic E-state index is 12.3. The Bertz CT molecular complexity index is 685. The molecule has 1 aromatic carbocycles. The van der Waals surface area contributed by atoms with Gasteiger partial charge in [0.1, 0.15) is 12.4 Å². The molecule has 3 rings (SSSR count). The maximum absolute atomic E-state index is 12.3. The van der Waals surface area contributed by atoms with E-state index in [-0.39, 0.29) is 12.5 Å². The number of aromatic nitrogens is 2. The second-order valence-corrected chi connectivity index (χ2v) is 5.99. The van der Waals surface area contributed by atoms with Crippen LogP contribution < -0.4 is 5.32 Å². The van der Waals surface area contributed by atoms with Crippen LogP contribution in [0.4, 0.5) is 0 Å². The van der Waals surface area contributed by atoms with Crippen molar-refractivity contribution >= 4 is 16.9 Å². The predicted molar refractivity (Wildman–Crippen MR) is 86.2 cm³/mol. The van der Waals surface area contributed by atoms with Gasteiger partial charge in [0.15, 0.2) is 0 Å². The van der Waals surface area contributed by atoms with Crippen LogP contribution in [0.3, 0.4) is 0 Å². The highest BCUT2D eigenvalue weighted by molar-refractivity contribution is 5.97. The van der Waals surface area contributed by atoms with E-state index in [1.54, 1.807) is 18.2 Å².